The van der Waals surface area contributed by atoms with Crippen LogP contribution < -0.4 is 5.32 Å². The number of aliphatic hydroxyl groups excluding tert-OH is 2. The van der Waals surface area contributed by atoms with Crippen LogP contribution in [0, 0.1) is 0 Å². The molecule has 21 heavy (non-hydrogen) atoms. The van der Waals surface area contributed by atoms with Crippen molar-refractivity contribution in [3.05, 3.63) is 71.8 Å². The second kappa shape index (κ2) is 7.93. The molecule has 2 aromatic rings. The molecule has 3 nitrogen and oxygen atoms in total. The Morgan fingerprint density at radius 2 is 1.38 bits per heavy atom. The fraction of sp³-hybridized carbons (Fsp3) is 0.333. The normalized spacial score (nSPS) is 15.4. The van der Waals surface area contributed by atoms with Gasteiger partial charge in [-0.25, -0.2) is 0 Å². The smallest absolute Gasteiger partial charge is 0.0984 e. The molecule has 0 heterocycles. The van der Waals surface area contributed by atoms with Crippen LogP contribution in [0.3, 0.4) is 0 Å². The number of benzene rings is 2. The predicted molar refractivity (Wildman–Crippen MR) is 84.9 cm³/mol. The molecule has 0 aliphatic carbocycles. The van der Waals surface area contributed by atoms with Gasteiger partial charge in [0.05, 0.1) is 18.2 Å². The molecule has 2 aromatic carbocycles. The molecule has 0 amide bonds. The molecular formula is C18H23NO2. The van der Waals surface area contributed by atoms with Crippen molar-refractivity contribution in [3.8, 4) is 0 Å². The van der Waals surface area contributed by atoms with Crippen LogP contribution in [0.5, 0.6) is 0 Å². The van der Waals surface area contributed by atoms with E-state index in [1.165, 1.54) is 0 Å². The molecule has 0 unspecified atom stereocenters. The van der Waals surface area contributed by atoms with Gasteiger partial charge in [0.25, 0.3) is 0 Å². The molecule has 0 spiro atoms. The van der Waals surface area contributed by atoms with Crippen LogP contribution in [0.1, 0.15) is 36.6 Å². The summed E-state index contributed by atoms with van der Waals surface area (Å²) in [4.78, 5) is 0. The maximum Gasteiger partial charge on any atom is 0.0984 e. The van der Waals surface area contributed by atoms with Crippen molar-refractivity contribution < 1.29 is 10.2 Å². The van der Waals surface area contributed by atoms with E-state index in [1.807, 2.05) is 60.7 Å². The number of aliphatic hydroxyl groups is 2. The largest absolute Gasteiger partial charge is 0.393 e. The molecule has 0 aliphatic heterocycles. The van der Waals surface area contributed by atoms with Gasteiger partial charge in [-0.1, -0.05) is 60.7 Å². The van der Waals surface area contributed by atoms with Gasteiger partial charge in [-0.2, -0.15) is 0 Å². The number of rotatable bonds is 7. The fourth-order valence-electron chi connectivity index (χ4n) is 2.36. The lowest BCUT2D eigenvalue weighted by Gasteiger charge is -2.25. The van der Waals surface area contributed by atoms with Crippen LogP contribution in [-0.4, -0.2) is 22.9 Å². The van der Waals surface area contributed by atoms with E-state index < -0.39 is 6.10 Å². The summed E-state index contributed by atoms with van der Waals surface area (Å²) in [7, 11) is 0. The van der Waals surface area contributed by atoms with Gasteiger partial charge in [-0.05, 0) is 31.0 Å². The van der Waals surface area contributed by atoms with Crippen molar-refractivity contribution in [3.63, 3.8) is 0 Å². The van der Waals surface area contributed by atoms with Crippen LogP contribution >= 0.6 is 0 Å². The van der Waals surface area contributed by atoms with E-state index in [4.69, 9.17) is 0 Å². The quantitative estimate of drug-likeness (QED) is 0.733. The molecule has 0 radical (unpaired) electrons. The van der Waals surface area contributed by atoms with E-state index in [0.29, 0.717) is 13.0 Å². The van der Waals surface area contributed by atoms with E-state index >= 15 is 0 Å². The highest BCUT2D eigenvalue weighted by Gasteiger charge is 2.21. The number of nitrogens with one attached hydrogen (secondary N) is 1. The Balaban J connectivity index is 2.15. The molecule has 3 N–H and O–H groups in total. The maximum absolute atomic E-state index is 10.7. The third-order valence-corrected chi connectivity index (χ3v) is 3.54. The highest BCUT2D eigenvalue weighted by Crippen LogP contribution is 2.28. The second-order valence-corrected chi connectivity index (χ2v) is 5.34. The van der Waals surface area contributed by atoms with Gasteiger partial charge >= 0.3 is 0 Å². The lowest BCUT2D eigenvalue weighted by Crippen LogP contribution is -2.29. The summed E-state index contributed by atoms with van der Waals surface area (Å²) in [6, 6.07) is 19.4. The third kappa shape index (κ3) is 4.67. The lowest BCUT2D eigenvalue weighted by atomic mass is 9.95. The Bertz CT molecular complexity index is 513. The van der Waals surface area contributed by atoms with E-state index in [0.717, 1.165) is 11.1 Å². The summed E-state index contributed by atoms with van der Waals surface area (Å²) >= 11 is 0. The number of hydrogen-bond acceptors (Lipinski definition) is 3. The minimum Gasteiger partial charge on any atom is -0.393 e. The van der Waals surface area contributed by atoms with Gasteiger partial charge in [0.2, 0.25) is 0 Å². The average molecular weight is 285 g/mol. The monoisotopic (exact) mass is 285 g/mol. The third-order valence-electron chi connectivity index (χ3n) is 3.54. The van der Waals surface area contributed by atoms with Crippen LogP contribution in [0.15, 0.2) is 60.7 Å². The maximum atomic E-state index is 10.7. The standard InChI is InChI=1S/C18H23NO2/c1-14(20)12-13-19-17(15-8-4-2-5-9-15)18(21)16-10-6-3-7-11-16/h2-11,14,17-21H,12-13H2,1H3/t14-,17+,18+/m0/s1. The number of hydrogen-bond donors (Lipinski definition) is 3. The van der Waals surface area contributed by atoms with Crippen molar-refractivity contribution >= 4 is 0 Å². The molecule has 3 atom stereocenters. The summed E-state index contributed by atoms with van der Waals surface area (Å²) in [6.07, 6.45) is -0.310. The van der Waals surface area contributed by atoms with Crippen molar-refractivity contribution in [1.29, 1.82) is 0 Å². The molecule has 0 bridgehead atoms. The molecule has 0 fully saturated rings. The summed E-state index contributed by atoms with van der Waals surface area (Å²) in [6.45, 7) is 2.42. The minimum atomic E-state index is -0.623. The van der Waals surface area contributed by atoms with E-state index in [9.17, 15) is 10.2 Å². The van der Waals surface area contributed by atoms with Gasteiger partial charge in [-0.15, -0.1) is 0 Å². The van der Waals surface area contributed by atoms with Crippen molar-refractivity contribution in [2.24, 2.45) is 0 Å². The first-order valence-electron chi connectivity index (χ1n) is 7.38. The highest BCUT2D eigenvalue weighted by atomic mass is 16.3. The van der Waals surface area contributed by atoms with E-state index in [1.54, 1.807) is 6.92 Å². The topological polar surface area (TPSA) is 52.5 Å². The summed E-state index contributed by atoms with van der Waals surface area (Å²) in [5, 5.41) is 23.4. The van der Waals surface area contributed by atoms with Gasteiger partial charge < -0.3 is 15.5 Å². The molecule has 0 aromatic heterocycles. The highest BCUT2D eigenvalue weighted by molar-refractivity contribution is 5.26. The van der Waals surface area contributed by atoms with Crippen LogP contribution in [0.25, 0.3) is 0 Å². The van der Waals surface area contributed by atoms with Gasteiger partial charge in [0.1, 0.15) is 0 Å². The predicted octanol–water partition coefficient (Wildman–Crippen LogP) is 2.82. The molecule has 0 saturated carbocycles. The zero-order valence-corrected chi connectivity index (χ0v) is 12.3. The molecule has 0 aliphatic rings. The Morgan fingerprint density at radius 1 is 0.857 bits per heavy atom. The fourth-order valence-corrected chi connectivity index (χ4v) is 2.36. The second-order valence-electron chi connectivity index (χ2n) is 5.34. The van der Waals surface area contributed by atoms with Crippen molar-refractivity contribution in [2.75, 3.05) is 6.54 Å². The zero-order valence-electron chi connectivity index (χ0n) is 12.3. The van der Waals surface area contributed by atoms with Gasteiger partial charge in [-0.3, -0.25) is 0 Å². The Labute approximate surface area is 126 Å². The Kier molecular flexibility index (Phi) is 5.93. The van der Waals surface area contributed by atoms with E-state index in [2.05, 4.69) is 5.32 Å². The Morgan fingerprint density at radius 3 is 1.90 bits per heavy atom. The van der Waals surface area contributed by atoms with Gasteiger partial charge in [0, 0.05) is 0 Å². The molecule has 0 saturated heterocycles. The summed E-state index contributed by atoms with van der Waals surface area (Å²) in [5.41, 5.74) is 1.93. The zero-order chi connectivity index (χ0) is 15.1. The van der Waals surface area contributed by atoms with E-state index in [-0.39, 0.29) is 12.1 Å². The Hall–Kier alpha value is -1.68. The lowest BCUT2D eigenvalue weighted by molar-refractivity contribution is 0.122. The molecule has 2 rings (SSSR count). The van der Waals surface area contributed by atoms with Crippen LogP contribution in [0.4, 0.5) is 0 Å². The molecule has 3 heteroatoms. The van der Waals surface area contributed by atoms with Gasteiger partial charge in [0.15, 0.2) is 0 Å². The SMILES string of the molecule is C[C@H](O)CCN[C@H](c1ccccc1)[C@H](O)c1ccccc1. The first kappa shape index (κ1) is 15.7. The molecular weight excluding hydrogens is 262 g/mol. The van der Waals surface area contributed by atoms with Crippen molar-refractivity contribution in [1.82, 2.24) is 5.32 Å². The average Bonchev–Trinajstić information content (AvgIpc) is 2.52. The summed E-state index contributed by atoms with van der Waals surface area (Å²) in [5.74, 6) is 0. The van der Waals surface area contributed by atoms with Crippen molar-refractivity contribution in [2.45, 2.75) is 31.6 Å². The molecule has 112 valence electrons. The first-order valence-corrected chi connectivity index (χ1v) is 7.38. The van der Waals surface area contributed by atoms with Crippen LogP contribution in [0.2, 0.25) is 0 Å². The minimum absolute atomic E-state index is 0.188. The van der Waals surface area contributed by atoms with Crippen LogP contribution in [-0.2, 0) is 0 Å². The summed E-state index contributed by atoms with van der Waals surface area (Å²) < 4.78 is 0. The first-order chi connectivity index (χ1) is 10.2.